The highest BCUT2D eigenvalue weighted by atomic mass is 32.2. The second-order valence-corrected chi connectivity index (χ2v) is 5.60. The van der Waals surface area contributed by atoms with E-state index in [4.69, 9.17) is 8.37 Å². The smallest absolute Gasteiger partial charge is 0.371 e. The molecule has 0 N–H and O–H groups in total. The summed E-state index contributed by atoms with van der Waals surface area (Å²) in [4.78, 5) is 0. The molecule has 0 aromatic heterocycles. The SMILES string of the molecule is Cc1ccc(OS(=O)Oc2ccc(C)c(C)c2)cc1C. The van der Waals surface area contributed by atoms with Crippen molar-refractivity contribution in [2.45, 2.75) is 27.7 Å². The first-order valence-corrected chi connectivity index (χ1v) is 7.38. The van der Waals surface area contributed by atoms with Crippen LogP contribution >= 0.6 is 0 Å². The van der Waals surface area contributed by atoms with Crippen molar-refractivity contribution < 1.29 is 12.6 Å². The Kier molecular flexibility index (Phi) is 4.45. The molecular formula is C16H18O3S. The van der Waals surface area contributed by atoms with Gasteiger partial charge in [0.15, 0.2) is 0 Å². The highest BCUT2D eigenvalue weighted by Gasteiger charge is 2.07. The first kappa shape index (κ1) is 14.6. The zero-order chi connectivity index (χ0) is 14.7. The van der Waals surface area contributed by atoms with Crippen LogP contribution in [0.3, 0.4) is 0 Å². The first-order chi connectivity index (χ1) is 9.45. The summed E-state index contributed by atoms with van der Waals surface area (Å²) in [5.74, 6) is 1.07. The number of rotatable bonds is 4. The number of aryl methyl sites for hydroxylation is 4. The van der Waals surface area contributed by atoms with Crippen LogP contribution in [0.4, 0.5) is 0 Å². The minimum atomic E-state index is -1.85. The van der Waals surface area contributed by atoms with Gasteiger partial charge in [0.1, 0.15) is 11.5 Å². The van der Waals surface area contributed by atoms with Gasteiger partial charge in [-0.3, -0.25) is 0 Å². The van der Waals surface area contributed by atoms with Crippen molar-refractivity contribution in [2.75, 3.05) is 0 Å². The van der Waals surface area contributed by atoms with E-state index < -0.39 is 11.4 Å². The Labute approximate surface area is 122 Å². The van der Waals surface area contributed by atoms with E-state index in [1.807, 2.05) is 52.0 Å². The van der Waals surface area contributed by atoms with Crippen molar-refractivity contribution in [1.82, 2.24) is 0 Å². The molecule has 0 amide bonds. The lowest BCUT2D eigenvalue weighted by molar-refractivity contribution is 0.461. The lowest BCUT2D eigenvalue weighted by Crippen LogP contribution is -2.08. The summed E-state index contributed by atoms with van der Waals surface area (Å²) in [6, 6.07) is 11.1. The van der Waals surface area contributed by atoms with Crippen LogP contribution in [0.25, 0.3) is 0 Å². The molecule has 0 aliphatic carbocycles. The van der Waals surface area contributed by atoms with Crippen LogP contribution in [0.5, 0.6) is 11.5 Å². The van der Waals surface area contributed by atoms with E-state index in [9.17, 15) is 4.21 Å². The van der Waals surface area contributed by atoms with Gasteiger partial charge in [-0.05, 0) is 74.2 Å². The molecule has 3 nitrogen and oxygen atoms in total. The standard InChI is InChI=1S/C16H18O3S/c1-11-5-7-15(9-13(11)3)18-20(17)19-16-8-6-12(2)14(4)10-16/h5-10H,1-4H3. The fourth-order valence-electron chi connectivity index (χ4n) is 1.71. The van der Waals surface area contributed by atoms with Crippen LogP contribution in [0, 0.1) is 27.7 Å². The predicted molar refractivity (Wildman–Crippen MR) is 81.2 cm³/mol. The molecule has 0 unspecified atom stereocenters. The molecule has 106 valence electrons. The molecule has 4 heteroatoms. The average molecular weight is 290 g/mol. The molecule has 0 spiro atoms. The lowest BCUT2D eigenvalue weighted by atomic mass is 10.1. The van der Waals surface area contributed by atoms with Gasteiger partial charge in [0, 0.05) is 0 Å². The fraction of sp³-hybridized carbons (Fsp3) is 0.250. The molecule has 2 aromatic rings. The highest BCUT2D eigenvalue weighted by Crippen LogP contribution is 2.20. The first-order valence-electron chi connectivity index (χ1n) is 6.38. The van der Waals surface area contributed by atoms with Crippen LogP contribution in [0.15, 0.2) is 36.4 Å². The molecule has 0 atom stereocenters. The van der Waals surface area contributed by atoms with Gasteiger partial charge >= 0.3 is 11.4 Å². The van der Waals surface area contributed by atoms with Crippen LogP contribution in [0.1, 0.15) is 22.3 Å². The average Bonchev–Trinajstić information content (AvgIpc) is 2.38. The number of hydrogen-bond donors (Lipinski definition) is 0. The molecule has 0 bridgehead atoms. The predicted octanol–water partition coefficient (Wildman–Crippen LogP) is 3.96. The summed E-state index contributed by atoms with van der Waals surface area (Å²) in [5, 5.41) is 0. The van der Waals surface area contributed by atoms with Gasteiger partial charge in [0.2, 0.25) is 0 Å². The van der Waals surface area contributed by atoms with Crippen molar-refractivity contribution >= 4 is 11.4 Å². The van der Waals surface area contributed by atoms with Crippen LogP contribution in [0.2, 0.25) is 0 Å². The van der Waals surface area contributed by atoms with Crippen molar-refractivity contribution in [1.29, 1.82) is 0 Å². The van der Waals surface area contributed by atoms with Gasteiger partial charge in [-0.2, -0.15) is 4.21 Å². The van der Waals surface area contributed by atoms with Gasteiger partial charge in [-0.1, -0.05) is 12.1 Å². The summed E-state index contributed by atoms with van der Waals surface area (Å²) >= 11 is -1.85. The second kappa shape index (κ2) is 6.09. The van der Waals surface area contributed by atoms with Crippen LogP contribution < -0.4 is 8.37 Å². The Morgan fingerprint density at radius 1 is 0.700 bits per heavy atom. The molecular weight excluding hydrogens is 272 g/mol. The summed E-state index contributed by atoms with van der Waals surface area (Å²) in [6.07, 6.45) is 0. The summed E-state index contributed by atoms with van der Waals surface area (Å²) in [7, 11) is 0. The Morgan fingerprint density at radius 2 is 1.10 bits per heavy atom. The monoisotopic (exact) mass is 290 g/mol. The van der Waals surface area contributed by atoms with E-state index in [-0.39, 0.29) is 0 Å². The largest absolute Gasteiger partial charge is 0.417 e. The van der Waals surface area contributed by atoms with E-state index in [2.05, 4.69) is 0 Å². The van der Waals surface area contributed by atoms with Gasteiger partial charge in [-0.25, -0.2) is 0 Å². The van der Waals surface area contributed by atoms with Crippen molar-refractivity contribution in [3.05, 3.63) is 58.7 Å². The lowest BCUT2D eigenvalue weighted by Gasteiger charge is -2.08. The number of benzene rings is 2. The number of hydrogen-bond acceptors (Lipinski definition) is 3. The van der Waals surface area contributed by atoms with E-state index in [1.54, 1.807) is 12.1 Å². The van der Waals surface area contributed by atoms with E-state index >= 15 is 0 Å². The van der Waals surface area contributed by atoms with Crippen molar-refractivity contribution in [3.8, 4) is 11.5 Å². The molecule has 0 aliphatic rings. The molecule has 0 saturated carbocycles. The molecule has 0 saturated heterocycles. The third-order valence-electron chi connectivity index (χ3n) is 3.29. The van der Waals surface area contributed by atoms with Crippen molar-refractivity contribution in [2.24, 2.45) is 0 Å². The van der Waals surface area contributed by atoms with Gasteiger partial charge < -0.3 is 8.37 Å². The molecule has 0 aliphatic heterocycles. The maximum Gasteiger partial charge on any atom is 0.417 e. The summed E-state index contributed by atoms with van der Waals surface area (Å²) < 4.78 is 22.4. The quantitative estimate of drug-likeness (QED) is 0.855. The molecule has 0 fully saturated rings. The Bertz CT molecular complexity index is 595. The normalized spacial score (nSPS) is 10.7. The Morgan fingerprint density at radius 3 is 1.45 bits per heavy atom. The van der Waals surface area contributed by atoms with Crippen molar-refractivity contribution in [3.63, 3.8) is 0 Å². The van der Waals surface area contributed by atoms with Gasteiger partial charge in [0.25, 0.3) is 0 Å². The zero-order valence-corrected chi connectivity index (χ0v) is 12.9. The zero-order valence-electron chi connectivity index (χ0n) is 12.1. The molecule has 2 aromatic carbocycles. The minimum Gasteiger partial charge on any atom is -0.371 e. The molecule has 20 heavy (non-hydrogen) atoms. The topological polar surface area (TPSA) is 35.5 Å². The summed E-state index contributed by atoms with van der Waals surface area (Å²) in [5.41, 5.74) is 4.51. The maximum atomic E-state index is 11.8. The summed E-state index contributed by atoms with van der Waals surface area (Å²) in [6.45, 7) is 7.99. The van der Waals surface area contributed by atoms with Gasteiger partial charge in [0.05, 0.1) is 0 Å². The maximum absolute atomic E-state index is 11.8. The molecule has 0 radical (unpaired) electrons. The third-order valence-corrected chi connectivity index (χ3v) is 3.94. The minimum absolute atomic E-state index is 0.537. The van der Waals surface area contributed by atoms with Crippen LogP contribution in [-0.4, -0.2) is 4.21 Å². The molecule has 2 rings (SSSR count). The van der Waals surface area contributed by atoms with E-state index in [0.29, 0.717) is 11.5 Å². The third kappa shape index (κ3) is 3.61. The molecule has 0 heterocycles. The Hall–Kier alpha value is -1.81. The van der Waals surface area contributed by atoms with Gasteiger partial charge in [-0.15, -0.1) is 0 Å². The van der Waals surface area contributed by atoms with E-state index in [0.717, 1.165) is 11.1 Å². The van der Waals surface area contributed by atoms with E-state index in [1.165, 1.54) is 11.1 Å². The highest BCUT2D eigenvalue weighted by molar-refractivity contribution is 7.75. The Balaban J connectivity index is 2.04. The second-order valence-electron chi connectivity index (χ2n) is 4.86. The fourth-order valence-corrected chi connectivity index (χ4v) is 2.26. The van der Waals surface area contributed by atoms with Crippen LogP contribution in [-0.2, 0) is 11.4 Å².